The number of hydrogen-bond donors (Lipinski definition) is 0. The summed E-state index contributed by atoms with van der Waals surface area (Å²) in [5.74, 6) is 2.03. The summed E-state index contributed by atoms with van der Waals surface area (Å²) in [6, 6.07) is 9.97. The minimum atomic E-state index is -1.40. The minimum Gasteiger partial charge on any atom is -0.490 e. The van der Waals surface area contributed by atoms with Crippen molar-refractivity contribution in [3.05, 3.63) is 41.4 Å². The van der Waals surface area contributed by atoms with Crippen LogP contribution in [0.4, 0.5) is 0 Å². The molecule has 1 fully saturated rings. The Kier molecular flexibility index (Phi) is 4.97. The number of benzene rings is 1. The van der Waals surface area contributed by atoms with Crippen LogP contribution in [0, 0.1) is 0 Å². The highest BCUT2D eigenvalue weighted by molar-refractivity contribution is 6.83. The van der Waals surface area contributed by atoms with E-state index >= 15 is 0 Å². The summed E-state index contributed by atoms with van der Waals surface area (Å²) in [6.45, 7) is 11.2. The molecule has 1 saturated heterocycles. The first-order valence-electron chi connectivity index (χ1n) is 8.45. The molecule has 2 heterocycles. The zero-order chi connectivity index (χ0) is 16.3. The summed E-state index contributed by atoms with van der Waals surface area (Å²) in [6.07, 6.45) is 1.12. The van der Waals surface area contributed by atoms with Crippen LogP contribution in [0.5, 0.6) is 5.75 Å². The Morgan fingerprint density at radius 1 is 1.13 bits per heavy atom. The van der Waals surface area contributed by atoms with E-state index in [0.29, 0.717) is 6.61 Å². The van der Waals surface area contributed by atoms with E-state index in [1.165, 1.54) is 5.20 Å². The van der Waals surface area contributed by atoms with E-state index < -0.39 is 8.07 Å². The van der Waals surface area contributed by atoms with Gasteiger partial charge in [0.15, 0.2) is 5.88 Å². The quantitative estimate of drug-likeness (QED) is 0.774. The second-order valence-electron chi connectivity index (χ2n) is 7.20. The molecule has 0 amide bonds. The molecule has 0 bridgehead atoms. The lowest BCUT2D eigenvalue weighted by atomic mass is 10.3. The molecule has 126 valence electrons. The minimum absolute atomic E-state index is 0.120. The van der Waals surface area contributed by atoms with Crippen LogP contribution in [-0.4, -0.2) is 52.0 Å². The van der Waals surface area contributed by atoms with Gasteiger partial charge in [0.2, 0.25) is 0 Å². The molecule has 0 unspecified atom stereocenters. The van der Waals surface area contributed by atoms with Gasteiger partial charge in [-0.15, -0.1) is 0 Å². The molecule has 3 rings (SSSR count). The zero-order valence-corrected chi connectivity index (χ0v) is 15.4. The predicted molar refractivity (Wildman–Crippen MR) is 94.2 cm³/mol. The molecular weight excluding hydrogens is 306 g/mol. The Morgan fingerprint density at radius 3 is 2.48 bits per heavy atom. The van der Waals surface area contributed by atoms with Crippen molar-refractivity contribution in [2.75, 3.05) is 32.9 Å². The summed E-state index contributed by atoms with van der Waals surface area (Å²) in [4.78, 5) is 2.36. The summed E-state index contributed by atoms with van der Waals surface area (Å²) in [7, 11) is -1.40. The number of para-hydroxylation sites is 1. The van der Waals surface area contributed by atoms with Crippen LogP contribution in [0.2, 0.25) is 19.6 Å². The molecule has 4 nitrogen and oxygen atoms in total. The van der Waals surface area contributed by atoms with Crippen LogP contribution < -0.4 is 4.74 Å². The first kappa shape index (κ1) is 16.4. The van der Waals surface area contributed by atoms with Crippen molar-refractivity contribution in [1.82, 2.24) is 4.90 Å². The SMILES string of the molecule is C[Si](C)(C)C1=C(N2CCOCC2)O[C@H](COc2ccccc2)C1. The first-order chi connectivity index (χ1) is 11.0. The van der Waals surface area contributed by atoms with Crippen molar-refractivity contribution < 1.29 is 14.2 Å². The van der Waals surface area contributed by atoms with Gasteiger partial charge in [0.05, 0.1) is 21.3 Å². The van der Waals surface area contributed by atoms with E-state index in [9.17, 15) is 0 Å². The molecule has 1 aromatic carbocycles. The van der Waals surface area contributed by atoms with Crippen LogP contribution >= 0.6 is 0 Å². The van der Waals surface area contributed by atoms with Crippen molar-refractivity contribution in [3.8, 4) is 5.75 Å². The normalized spacial score (nSPS) is 22.2. The molecule has 23 heavy (non-hydrogen) atoms. The van der Waals surface area contributed by atoms with E-state index in [4.69, 9.17) is 14.2 Å². The molecule has 0 aliphatic carbocycles. The van der Waals surface area contributed by atoms with Gasteiger partial charge in [-0.25, -0.2) is 0 Å². The molecule has 5 heteroatoms. The highest BCUT2D eigenvalue weighted by Crippen LogP contribution is 2.34. The van der Waals surface area contributed by atoms with Crippen molar-refractivity contribution >= 4 is 8.07 Å². The second-order valence-corrected chi connectivity index (χ2v) is 12.3. The molecular formula is C18H27NO3Si. The average Bonchev–Trinajstić information content (AvgIpc) is 2.99. The maximum Gasteiger partial charge on any atom is 0.185 e. The molecule has 0 saturated carbocycles. The molecule has 1 aromatic rings. The van der Waals surface area contributed by atoms with Crippen LogP contribution in [-0.2, 0) is 9.47 Å². The van der Waals surface area contributed by atoms with E-state index in [2.05, 4.69) is 24.5 Å². The lowest BCUT2D eigenvalue weighted by molar-refractivity contribution is -0.00414. The second kappa shape index (κ2) is 6.97. The van der Waals surface area contributed by atoms with Gasteiger partial charge >= 0.3 is 0 Å². The maximum atomic E-state index is 6.32. The number of nitrogens with zero attached hydrogens (tertiary/aromatic N) is 1. The predicted octanol–water partition coefficient (Wildman–Crippen LogP) is 3.28. The summed E-state index contributed by atoms with van der Waals surface area (Å²) < 4.78 is 17.7. The fourth-order valence-electron chi connectivity index (χ4n) is 3.04. The molecule has 0 aromatic heterocycles. The van der Waals surface area contributed by atoms with Gasteiger partial charge in [0, 0.05) is 19.5 Å². The Morgan fingerprint density at radius 2 is 1.83 bits per heavy atom. The molecule has 0 radical (unpaired) electrons. The first-order valence-corrected chi connectivity index (χ1v) is 11.9. The summed E-state index contributed by atoms with van der Waals surface area (Å²) in [5.41, 5.74) is 0. The van der Waals surface area contributed by atoms with Gasteiger partial charge in [-0.1, -0.05) is 37.8 Å². The fourth-order valence-corrected chi connectivity index (χ4v) is 4.74. The topological polar surface area (TPSA) is 30.9 Å². The van der Waals surface area contributed by atoms with Gasteiger partial charge in [-0.05, 0) is 17.3 Å². The van der Waals surface area contributed by atoms with Crippen molar-refractivity contribution in [2.24, 2.45) is 0 Å². The number of morpholine rings is 1. The molecule has 0 spiro atoms. The largest absolute Gasteiger partial charge is 0.490 e. The van der Waals surface area contributed by atoms with Crippen LogP contribution in [0.15, 0.2) is 41.4 Å². The van der Waals surface area contributed by atoms with Crippen molar-refractivity contribution in [3.63, 3.8) is 0 Å². The van der Waals surface area contributed by atoms with E-state index in [-0.39, 0.29) is 6.10 Å². The highest BCUT2D eigenvalue weighted by atomic mass is 28.3. The molecule has 0 N–H and O–H groups in total. The maximum absolute atomic E-state index is 6.32. The lowest BCUT2D eigenvalue weighted by Gasteiger charge is -2.31. The Labute approximate surface area is 140 Å². The van der Waals surface area contributed by atoms with Gasteiger partial charge in [-0.2, -0.15) is 0 Å². The molecule has 1 atom stereocenters. The van der Waals surface area contributed by atoms with E-state index in [1.807, 2.05) is 30.3 Å². The van der Waals surface area contributed by atoms with Gasteiger partial charge in [0.1, 0.15) is 18.5 Å². The third kappa shape index (κ3) is 4.09. The fraction of sp³-hybridized carbons (Fsp3) is 0.556. The smallest absolute Gasteiger partial charge is 0.185 e. The standard InChI is InChI=1S/C18H27NO3Si/c1-23(2,3)17-13-16(14-21-15-7-5-4-6-8-15)22-18(17)19-9-11-20-12-10-19/h4-8,16H,9-14H2,1-3H3/t16-/m0/s1. The number of ether oxygens (including phenoxy) is 3. The van der Waals surface area contributed by atoms with Gasteiger partial charge in [-0.3, -0.25) is 0 Å². The van der Waals surface area contributed by atoms with Crippen molar-refractivity contribution in [1.29, 1.82) is 0 Å². The number of hydrogen-bond acceptors (Lipinski definition) is 4. The molecule has 2 aliphatic heterocycles. The lowest BCUT2D eigenvalue weighted by Crippen LogP contribution is -2.38. The molecule has 2 aliphatic rings. The number of rotatable bonds is 5. The van der Waals surface area contributed by atoms with E-state index in [0.717, 1.165) is 44.4 Å². The Bertz CT molecular complexity index is 547. The third-order valence-electron chi connectivity index (χ3n) is 4.35. The van der Waals surface area contributed by atoms with Gasteiger partial charge < -0.3 is 19.1 Å². The average molecular weight is 334 g/mol. The summed E-state index contributed by atoms with van der Waals surface area (Å²) >= 11 is 0. The van der Waals surface area contributed by atoms with Crippen LogP contribution in [0.1, 0.15) is 6.42 Å². The van der Waals surface area contributed by atoms with Crippen LogP contribution in [0.3, 0.4) is 0 Å². The summed E-state index contributed by atoms with van der Waals surface area (Å²) in [5, 5.41) is 1.53. The Balaban J connectivity index is 1.66. The van der Waals surface area contributed by atoms with Crippen LogP contribution in [0.25, 0.3) is 0 Å². The zero-order valence-electron chi connectivity index (χ0n) is 14.4. The monoisotopic (exact) mass is 333 g/mol. The highest BCUT2D eigenvalue weighted by Gasteiger charge is 2.37. The Hall–Kier alpha value is -1.46. The van der Waals surface area contributed by atoms with Crippen molar-refractivity contribution in [2.45, 2.75) is 32.2 Å². The van der Waals surface area contributed by atoms with Gasteiger partial charge in [0.25, 0.3) is 0 Å². The van der Waals surface area contributed by atoms with E-state index in [1.54, 1.807) is 0 Å². The third-order valence-corrected chi connectivity index (χ3v) is 6.58.